The van der Waals surface area contributed by atoms with Gasteiger partial charge in [0.1, 0.15) is 5.69 Å². The maximum absolute atomic E-state index is 12.7. The molecule has 0 saturated carbocycles. The zero-order valence-electron chi connectivity index (χ0n) is 12.8. The largest absolute Gasteiger partial charge is 0.351 e. The Balaban J connectivity index is 1.90. The highest BCUT2D eigenvalue weighted by Crippen LogP contribution is 2.22. The topological polar surface area (TPSA) is 70.2 Å². The van der Waals surface area contributed by atoms with Crippen LogP contribution in [0.5, 0.6) is 0 Å². The Labute approximate surface area is 130 Å². The summed E-state index contributed by atoms with van der Waals surface area (Å²) >= 11 is 0. The highest BCUT2D eigenvalue weighted by Gasteiger charge is 2.34. The van der Waals surface area contributed by atoms with Gasteiger partial charge in [-0.05, 0) is 38.0 Å². The van der Waals surface area contributed by atoms with Gasteiger partial charge in [0.05, 0.1) is 11.5 Å². The number of hydrogen-bond donors (Lipinski definition) is 1. The fourth-order valence-corrected chi connectivity index (χ4v) is 4.83. The van der Waals surface area contributed by atoms with Gasteiger partial charge < -0.3 is 9.88 Å². The molecular formula is C16H20N2O3S. The maximum Gasteiger partial charge on any atom is 0.270 e. The van der Waals surface area contributed by atoms with Gasteiger partial charge in [0.15, 0.2) is 9.84 Å². The van der Waals surface area contributed by atoms with Gasteiger partial charge in [-0.3, -0.25) is 4.79 Å². The quantitative estimate of drug-likeness (QED) is 0.942. The predicted octanol–water partition coefficient (Wildman–Crippen LogP) is 2.13. The molecule has 0 bridgehead atoms. The molecule has 1 amide bonds. The van der Waals surface area contributed by atoms with Crippen LogP contribution in [0.1, 0.15) is 29.4 Å². The van der Waals surface area contributed by atoms with E-state index in [9.17, 15) is 13.2 Å². The molecule has 1 aliphatic heterocycles. The second kappa shape index (κ2) is 5.43. The Morgan fingerprint density at radius 1 is 1.36 bits per heavy atom. The van der Waals surface area contributed by atoms with Crippen molar-refractivity contribution in [3.63, 3.8) is 0 Å². The van der Waals surface area contributed by atoms with E-state index in [0.29, 0.717) is 18.7 Å². The van der Waals surface area contributed by atoms with Crippen LogP contribution in [-0.4, -0.2) is 48.3 Å². The zero-order chi connectivity index (χ0) is 15.9. The van der Waals surface area contributed by atoms with Crippen molar-refractivity contribution in [3.05, 3.63) is 35.5 Å². The number of carbonyl (C=O) groups excluding carboxylic acids is 1. The van der Waals surface area contributed by atoms with Gasteiger partial charge in [-0.2, -0.15) is 0 Å². The second-order valence-electron chi connectivity index (χ2n) is 5.92. The van der Waals surface area contributed by atoms with Crippen molar-refractivity contribution >= 4 is 26.6 Å². The molecule has 1 unspecified atom stereocenters. The molecule has 3 rings (SSSR count). The summed E-state index contributed by atoms with van der Waals surface area (Å²) in [6.45, 7) is 4.40. The normalized spacial score (nSPS) is 20.4. The number of amides is 1. The molecule has 2 heterocycles. The van der Waals surface area contributed by atoms with Crippen LogP contribution < -0.4 is 0 Å². The minimum Gasteiger partial charge on any atom is -0.351 e. The van der Waals surface area contributed by atoms with Crippen LogP contribution in [0.25, 0.3) is 10.9 Å². The third-order valence-corrected chi connectivity index (χ3v) is 6.01. The van der Waals surface area contributed by atoms with E-state index in [1.54, 1.807) is 4.90 Å². The van der Waals surface area contributed by atoms with Crippen molar-refractivity contribution < 1.29 is 13.2 Å². The highest BCUT2D eigenvalue weighted by atomic mass is 32.2. The predicted molar refractivity (Wildman–Crippen MR) is 86.8 cm³/mol. The van der Waals surface area contributed by atoms with E-state index in [0.717, 1.165) is 16.5 Å². The lowest BCUT2D eigenvalue weighted by Crippen LogP contribution is -2.41. The summed E-state index contributed by atoms with van der Waals surface area (Å²) in [7, 11) is -3.00. The molecule has 0 radical (unpaired) electrons. The summed E-state index contributed by atoms with van der Waals surface area (Å²) < 4.78 is 23.3. The Kier molecular flexibility index (Phi) is 3.72. The maximum atomic E-state index is 12.7. The Morgan fingerprint density at radius 2 is 2.14 bits per heavy atom. The van der Waals surface area contributed by atoms with Crippen LogP contribution in [0.4, 0.5) is 0 Å². The molecule has 6 heteroatoms. The zero-order valence-corrected chi connectivity index (χ0v) is 13.6. The molecule has 2 aromatic rings. The lowest BCUT2D eigenvalue weighted by atomic mass is 10.2. The fraction of sp³-hybridized carbons (Fsp3) is 0.438. The smallest absolute Gasteiger partial charge is 0.270 e. The molecule has 1 saturated heterocycles. The van der Waals surface area contributed by atoms with Gasteiger partial charge in [0, 0.05) is 23.5 Å². The minimum atomic E-state index is -3.00. The van der Waals surface area contributed by atoms with E-state index < -0.39 is 9.84 Å². The van der Waals surface area contributed by atoms with Gasteiger partial charge in [0.25, 0.3) is 5.91 Å². The fourth-order valence-electron chi connectivity index (χ4n) is 3.10. The molecule has 0 aliphatic carbocycles. The molecule has 1 N–H and O–H groups in total. The molecular weight excluding hydrogens is 300 g/mol. The van der Waals surface area contributed by atoms with Crippen LogP contribution in [-0.2, 0) is 9.84 Å². The van der Waals surface area contributed by atoms with Crippen molar-refractivity contribution in [1.29, 1.82) is 0 Å². The van der Waals surface area contributed by atoms with E-state index in [-0.39, 0.29) is 23.5 Å². The third-order valence-electron chi connectivity index (χ3n) is 4.26. The van der Waals surface area contributed by atoms with Crippen molar-refractivity contribution in [1.82, 2.24) is 9.88 Å². The number of H-pyrrole nitrogens is 1. The lowest BCUT2D eigenvalue weighted by molar-refractivity contribution is 0.0703. The molecule has 1 fully saturated rings. The first-order valence-electron chi connectivity index (χ1n) is 7.50. The number of fused-ring (bicyclic) bond motifs is 1. The number of aromatic nitrogens is 1. The first-order valence-corrected chi connectivity index (χ1v) is 9.32. The van der Waals surface area contributed by atoms with E-state index >= 15 is 0 Å². The van der Waals surface area contributed by atoms with Gasteiger partial charge in [-0.15, -0.1) is 0 Å². The van der Waals surface area contributed by atoms with Gasteiger partial charge in [-0.25, -0.2) is 8.42 Å². The summed E-state index contributed by atoms with van der Waals surface area (Å²) in [6.07, 6.45) is 0.529. The number of aryl methyl sites for hydroxylation is 1. The average Bonchev–Trinajstić information content (AvgIpc) is 3.02. The Hall–Kier alpha value is -1.82. The SMILES string of the molecule is CCN(C(=O)c1cc2ccc(C)cc2[nH]1)C1CCS(=O)(=O)C1. The summed E-state index contributed by atoms with van der Waals surface area (Å²) in [5, 5.41) is 0.990. The first-order chi connectivity index (χ1) is 10.4. The van der Waals surface area contributed by atoms with Crippen molar-refractivity contribution in [2.45, 2.75) is 26.3 Å². The molecule has 5 nitrogen and oxygen atoms in total. The minimum absolute atomic E-state index is 0.0753. The van der Waals surface area contributed by atoms with Gasteiger partial charge >= 0.3 is 0 Å². The third kappa shape index (κ3) is 2.75. The molecule has 118 valence electrons. The van der Waals surface area contributed by atoms with Crippen LogP contribution in [0.3, 0.4) is 0 Å². The van der Waals surface area contributed by atoms with Crippen molar-refractivity contribution in [2.75, 3.05) is 18.1 Å². The van der Waals surface area contributed by atoms with Crippen LogP contribution in [0.2, 0.25) is 0 Å². The summed E-state index contributed by atoms with van der Waals surface area (Å²) in [4.78, 5) is 17.6. The molecule has 1 atom stereocenters. The number of sulfone groups is 1. The molecule has 22 heavy (non-hydrogen) atoms. The monoisotopic (exact) mass is 320 g/mol. The molecule has 0 spiro atoms. The van der Waals surface area contributed by atoms with E-state index in [1.807, 2.05) is 38.1 Å². The number of aromatic amines is 1. The Morgan fingerprint density at radius 3 is 2.77 bits per heavy atom. The number of nitrogens with zero attached hydrogens (tertiary/aromatic N) is 1. The van der Waals surface area contributed by atoms with E-state index in [4.69, 9.17) is 0 Å². The van der Waals surface area contributed by atoms with Crippen molar-refractivity contribution in [2.24, 2.45) is 0 Å². The number of nitrogens with one attached hydrogen (secondary N) is 1. The molecule has 1 aromatic heterocycles. The molecule has 1 aliphatic rings. The van der Waals surface area contributed by atoms with Crippen LogP contribution in [0, 0.1) is 6.92 Å². The standard InChI is InChI=1S/C16H20N2O3S/c1-3-18(13-6-7-22(20,21)10-13)16(19)15-9-12-5-4-11(2)8-14(12)17-15/h4-5,8-9,13,17H,3,6-7,10H2,1-2H3. The van der Waals surface area contributed by atoms with Crippen LogP contribution in [0.15, 0.2) is 24.3 Å². The Bertz CT molecular complexity index is 823. The first kappa shape index (κ1) is 15.1. The average molecular weight is 320 g/mol. The second-order valence-corrected chi connectivity index (χ2v) is 8.15. The number of benzene rings is 1. The molecule has 1 aromatic carbocycles. The van der Waals surface area contributed by atoms with E-state index in [2.05, 4.69) is 4.98 Å². The highest BCUT2D eigenvalue weighted by molar-refractivity contribution is 7.91. The van der Waals surface area contributed by atoms with Gasteiger partial charge in [0.2, 0.25) is 0 Å². The van der Waals surface area contributed by atoms with Crippen molar-refractivity contribution in [3.8, 4) is 0 Å². The van der Waals surface area contributed by atoms with Gasteiger partial charge in [-0.1, -0.05) is 12.1 Å². The number of hydrogen-bond acceptors (Lipinski definition) is 3. The van der Waals surface area contributed by atoms with Crippen LogP contribution >= 0.6 is 0 Å². The summed E-state index contributed by atoms with van der Waals surface area (Å²) in [6, 6.07) is 7.61. The number of rotatable bonds is 3. The summed E-state index contributed by atoms with van der Waals surface area (Å²) in [5.41, 5.74) is 2.58. The summed E-state index contributed by atoms with van der Waals surface area (Å²) in [5.74, 6) is 0.123. The van der Waals surface area contributed by atoms with E-state index in [1.165, 1.54) is 0 Å². The lowest BCUT2D eigenvalue weighted by Gasteiger charge is -2.26. The number of carbonyl (C=O) groups is 1.